The van der Waals surface area contributed by atoms with Crippen LogP contribution in [-0.4, -0.2) is 44.0 Å². The maximum absolute atomic E-state index is 9.90. The minimum absolute atomic E-state index is 0.172. The van der Waals surface area contributed by atoms with Crippen LogP contribution in [0.1, 0.15) is 11.4 Å². The van der Waals surface area contributed by atoms with Crippen molar-refractivity contribution in [2.45, 2.75) is 13.8 Å². The number of rotatable bonds is 4. The zero-order valence-electron chi connectivity index (χ0n) is 19.1. The van der Waals surface area contributed by atoms with Gasteiger partial charge in [0.1, 0.15) is 11.5 Å². The van der Waals surface area contributed by atoms with E-state index in [-0.39, 0.29) is 11.8 Å². The van der Waals surface area contributed by atoms with Crippen molar-refractivity contribution in [3.05, 3.63) is 59.9 Å². The molecule has 0 saturated carbocycles. The van der Waals surface area contributed by atoms with Gasteiger partial charge in [0, 0.05) is 14.1 Å². The Bertz CT molecular complexity index is 1130. The Morgan fingerprint density at radius 2 is 1.06 bits per heavy atom. The molecule has 8 heteroatoms. The van der Waals surface area contributed by atoms with Gasteiger partial charge in [-0.1, -0.05) is 24.3 Å². The summed E-state index contributed by atoms with van der Waals surface area (Å²) in [5, 5.41) is 28.1. The van der Waals surface area contributed by atoms with E-state index in [2.05, 4.69) is 10.2 Å². The molecule has 168 valence electrons. The first-order chi connectivity index (χ1) is 15.3. The molecule has 32 heavy (non-hydrogen) atoms. The fraction of sp³-hybridized carbons (Fsp3) is 0.250. The van der Waals surface area contributed by atoms with E-state index in [1.54, 1.807) is 28.3 Å². The first-order valence-electron chi connectivity index (χ1n) is 10.0. The van der Waals surface area contributed by atoms with Crippen molar-refractivity contribution in [1.82, 2.24) is 19.6 Å². The molecule has 0 radical (unpaired) electrons. The molecule has 0 spiro atoms. The molecular formula is C24H28N4O4. The number of aryl methyl sites for hydroxylation is 4. The van der Waals surface area contributed by atoms with E-state index >= 15 is 0 Å². The number of methoxy groups -OCH3 is 2. The summed E-state index contributed by atoms with van der Waals surface area (Å²) in [6, 6.07) is 15.1. The molecule has 0 unspecified atom stereocenters. The van der Waals surface area contributed by atoms with E-state index in [4.69, 9.17) is 9.47 Å². The second-order valence-corrected chi connectivity index (χ2v) is 7.28. The van der Waals surface area contributed by atoms with Crippen LogP contribution >= 0.6 is 0 Å². The second kappa shape index (κ2) is 9.47. The molecular weight excluding hydrogens is 408 g/mol. The molecule has 0 fully saturated rings. The van der Waals surface area contributed by atoms with Gasteiger partial charge in [-0.3, -0.25) is 0 Å². The van der Waals surface area contributed by atoms with E-state index in [9.17, 15) is 10.2 Å². The minimum atomic E-state index is 0.172. The van der Waals surface area contributed by atoms with Crippen molar-refractivity contribution in [1.29, 1.82) is 0 Å². The van der Waals surface area contributed by atoms with Gasteiger partial charge in [-0.15, -0.1) is 0 Å². The number of hydrogen-bond donors (Lipinski definition) is 2. The summed E-state index contributed by atoms with van der Waals surface area (Å²) in [6.45, 7) is 3.74. The van der Waals surface area contributed by atoms with E-state index < -0.39 is 0 Å². The average molecular weight is 437 g/mol. The Morgan fingerprint density at radius 3 is 1.34 bits per heavy atom. The summed E-state index contributed by atoms with van der Waals surface area (Å²) in [7, 11) is 6.67. The van der Waals surface area contributed by atoms with Crippen LogP contribution in [0.15, 0.2) is 48.5 Å². The Kier molecular flexibility index (Phi) is 6.73. The molecule has 0 atom stereocenters. The second-order valence-electron chi connectivity index (χ2n) is 7.28. The van der Waals surface area contributed by atoms with Gasteiger partial charge >= 0.3 is 0 Å². The molecule has 4 aromatic rings. The van der Waals surface area contributed by atoms with Crippen molar-refractivity contribution < 1.29 is 19.7 Å². The Balaban J connectivity index is 0.000000181. The van der Waals surface area contributed by atoms with Crippen LogP contribution < -0.4 is 9.47 Å². The van der Waals surface area contributed by atoms with Crippen molar-refractivity contribution in [2.75, 3.05) is 14.2 Å². The van der Waals surface area contributed by atoms with Gasteiger partial charge in [0.25, 0.3) is 0 Å². The number of benzene rings is 2. The molecule has 2 aromatic heterocycles. The van der Waals surface area contributed by atoms with Gasteiger partial charge < -0.3 is 19.7 Å². The van der Waals surface area contributed by atoms with Gasteiger partial charge in [0.2, 0.25) is 11.8 Å². The van der Waals surface area contributed by atoms with Crippen LogP contribution in [0.3, 0.4) is 0 Å². The third-order valence-electron chi connectivity index (χ3n) is 5.10. The lowest BCUT2D eigenvalue weighted by molar-refractivity contribution is 0.414. The normalized spacial score (nSPS) is 10.4. The van der Waals surface area contributed by atoms with Gasteiger partial charge in [-0.2, -0.15) is 10.2 Å². The summed E-state index contributed by atoms with van der Waals surface area (Å²) in [6.07, 6.45) is 0. The fourth-order valence-electron chi connectivity index (χ4n) is 3.53. The molecule has 2 heterocycles. The SMILES string of the molecule is COc1cccc(-c2c(C)nn(C)c2O)c1.COc1cccc(-c2c(C)nn(C)c2O)c1. The third kappa shape index (κ3) is 4.54. The zero-order chi connectivity index (χ0) is 23.4. The lowest BCUT2D eigenvalue weighted by atomic mass is 10.1. The zero-order valence-corrected chi connectivity index (χ0v) is 19.1. The van der Waals surface area contributed by atoms with E-state index in [0.29, 0.717) is 0 Å². The number of ether oxygens (including phenoxy) is 2. The average Bonchev–Trinajstić information content (AvgIpc) is 3.20. The molecule has 4 rings (SSSR count). The monoisotopic (exact) mass is 436 g/mol. The topological polar surface area (TPSA) is 94.6 Å². The predicted octanol–water partition coefficient (Wildman–Crippen LogP) is 4.22. The summed E-state index contributed by atoms with van der Waals surface area (Å²) in [4.78, 5) is 0. The molecule has 2 N–H and O–H groups in total. The summed E-state index contributed by atoms with van der Waals surface area (Å²) < 4.78 is 13.2. The molecule has 8 nitrogen and oxygen atoms in total. The molecule has 0 saturated heterocycles. The third-order valence-corrected chi connectivity index (χ3v) is 5.10. The lowest BCUT2D eigenvalue weighted by Crippen LogP contribution is -1.88. The first kappa shape index (κ1) is 22.7. The molecule has 2 aromatic carbocycles. The fourth-order valence-corrected chi connectivity index (χ4v) is 3.53. The highest BCUT2D eigenvalue weighted by atomic mass is 16.5. The van der Waals surface area contributed by atoms with Gasteiger partial charge in [-0.25, -0.2) is 9.36 Å². The minimum Gasteiger partial charge on any atom is -0.497 e. The number of nitrogens with zero attached hydrogens (tertiary/aromatic N) is 4. The molecule has 0 aliphatic heterocycles. The van der Waals surface area contributed by atoms with Gasteiger partial charge in [0.15, 0.2) is 0 Å². The molecule has 0 amide bonds. The van der Waals surface area contributed by atoms with Crippen LogP contribution in [0.2, 0.25) is 0 Å². The van der Waals surface area contributed by atoms with E-state index in [0.717, 1.165) is 45.1 Å². The molecule has 0 bridgehead atoms. The summed E-state index contributed by atoms with van der Waals surface area (Å²) >= 11 is 0. The van der Waals surface area contributed by atoms with Gasteiger partial charge in [-0.05, 0) is 49.2 Å². The van der Waals surface area contributed by atoms with Crippen LogP contribution in [-0.2, 0) is 14.1 Å². The van der Waals surface area contributed by atoms with Crippen molar-refractivity contribution in [3.8, 4) is 45.5 Å². The highest BCUT2D eigenvalue weighted by Crippen LogP contribution is 2.34. The predicted molar refractivity (Wildman–Crippen MR) is 123 cm³/mol. The van der Waals surface area contributed by atoms with Crippen LogP contribution in [0, 0.1) is 13.8 Å². The smallest absolute Gasteiger partial charge is 0.217 e. The highest BCUT2D eigenvalue weighted by Gasteiger charge is 2.15. The summed E-state index contributed by atoms with van der Waals surface area (Å²) in [5.74, 6) is 1.87. The number of hydrogen-bond acceptors (Lipinski definition) is 6. The van der Waals surface area contributed by atoms with Crippen molar-refractivity contribution >= 4 is 0 Å². The summed E-state index contributed by atoms with van der Waals surface area (Å²) in [5.41, 5.74) is 4.91. The number of aromatic hydroxyl groups is 2. The van der Waals surface area contributed by atoms with Crippen LogP contribution in [0.5, 0.6) is 23.3 Å². The first-order valence-corrected chi connectivity index (χ1v) is 10.0. The van der Waals surface area contributed by atoms with Crippen molar-refractivity contribution in [2.24, 2.45) is 14.1 Å². The number of aromatic nitrogens is 4. The Hall–Kier alpha value is -3.94. The molecule has 0 aliphatic carbocycles. The van der Waals surface area contributed by atoms with Crippen molar-refractivity contribution in [3.63, 3.8) is 0 Å². The van der Waals surface area contributed by atoms with Gasteiger partial charge in [0.05, 0.1) is 36.7 Å². The lowest BCUT2D eigenvalue weighted by Gasteiger charge is -2.04. The van der Waals surface area contributed by atoms with Crippen LogP contribution in [0.25, 0.3) is 22.3 Å². The largest absolute Gasteiger partial charge is 0.497 e. The maximum atomic E-state index is 9.90. The van der Waals surface area contributed by atoms with E-state index in [1.807, 2.05) is 62.4 Å². The maximum Gasteiger partial charge on any atom is 0.217 e. The highest BCUT2D eigenvalue weighted by molar-refractivity contribution is 5.73. The molecule has 0 aliphatic rings. The van der Waals surface area contributed by atoms with Crippen LogP contribution in [0.4, 0.5) is 0 Å². The quantitative estimate of drug-likeness (QED) is 0.497. The Labute approximate surface area is 187 Å². The Morgan fingerprint density at radius 1 is 0.688 bits per heavy atom. The standard InChI is InChI=1S/2C12H14N2O2/c2*1-8-11(12(15)14(2)13-8)9-5-4-6-10(7-9)16-3/h2*4-7,15H,1-3H3. The van der Waals surface area contributed by atoms with E-state index in [1.165, 1.54) is 9.36 Å².